The van der Waals surface area contributed by atoms with E-state index < -0.39 is 5.97 Å². The summed E-state index contributed by atoms with van der Waals surface area (Å²) in [5.41, 5.74) is 1.92. The molecule has 0 unspecified atom stereocenters. The van der Waals surface area contributed by atoms with Gasteiger partial charge in [-0.3, -0.25) is 4.98 Å². The predicted molar refractivity (Wildman–Crippen MR) is 94.6 cm³/mol. The van der Waals surface area contributed by atoms with Gasteiger partial charge in [0.1, 0.15) is 11.5 Å². The van der Waals surface area contributed by atoms with E-state index in [1.165, 1.54) is 18.3 Å². The number of carboxylic acids is 1. The first-order valence-electron chi connectivity index (χ1n) is 8.22. The number of hydrogen-bond acceptors (Lipinski definition) is 7. The molecule has 3 aromatic heterocycles. The Morgan fingerprint density at radius 1 is 1.19 bits per heavy atom. The van der Waals surface area contributed by atoms with Crippen LogP contribution in [-0.2, 0) is 13.0 Å². The van der Waals surface area contributed by atoms with Crippen LogP contribution in [0.5, 0.6) is 0 Å². The number of nitrogens with one attached hydrogen (secondary N) is 1. The fourth-order valence-corrected chi connectivity index (χ4v) is 2.40. The van der Waals surface area contributed by atoms with E-state index in [1.54, 1.807) is 12.3 Å². The van der Waals surface area contributed by atoms with Gasteiger partial charge in [-0.15, -0.1) is 0 Å². The largest absolute Gasteiger partial charge is 0.478 e. The number of aromatic carboxylic acids is 1. The van der Waals surface area contributed by atoms with E-state index in [2.05, 4.69) is 39.3 Å². The topological polar surface area (TPSA) is 114 Å². The second-order valence-electron chi connectivity index (χ2n) is 6.24. The first-order valence-corrected chi connectivity index (χ1v) is 8.22. The summed E-state index contributed by atoms with van der Waals surface area (Å²) < 4.78 is 5.30. The first-order chi connectivity index (χ1) is 12.5. The second kappa shape index (κ2) is 7.73. The molecule has 3 aromatic rings. The van der Waals surface area contributed by atoms with Gasteiger partial charge in [0.05, 0.1) is 23.5 Å². The summed E-state index contributed by atoms with van der Waals surface area (Å²) in [6.07, 6.45) is 3.87. The third-order valence-corrected chi connectivity index (χ3v) is 3.57. The average Bonchev–Trinajstić information content (AvgIpc) is 3.07. The van der Waals surface area contributed by atoms with Crippen molar-refractivity contribution < 1.29 is 14.4 Å². The molecule has 8 heteroatoms. The number of carboxylic acid groups (broad SMARTS) is 1. The highest BCUT2D eigenvalue weighted by atomic mass is 16.5. The van der Waals surface area contributed by atoms with Gasteiger partial charge in [0.2, 0.25) is 5.95 Å². The Kier molecular flexibility index (Phi) is 5.21. The summed E-state index contributed by atoms with van der Waals surface area (Å²) in [5, 5.41) is 16.2. The summed E-state index contributed by atoms with van der Waals surface area (Å²) in [6.45, 7) is 4.66. The Labute approximate surface area is 150 Å². The average molecular weight is 353 g/mol. The highest BCUT2D eigenvalue weighted by molar-refractivity contribution is 5.88. The molecule has 0 spiro atoms. The molecular formula is C18H19N5O3. The van der Waals surface area contributed by atoms with Crippen LogP contribution in [0, 0.1) is 5.92 Å². The minimum absolute atomic E-state index is 0.156. The zero-order valence-corrected chi connectivity index (χ0v) is 14.5. The number of pyridine rings is 1. The van der Waals surface area contributed by atoms with Gasteiger partial charge < -0.3 is 14.9 Å². The number of carbonyl (C=O) groups is 1. The second-order valence-corrected chi connectivity index (χ2v) is 6.24. The molecule has 26 heavy (non-hydrogen) atoms. The molecule has 0 bridgehead atoms. The van der Waals surface area contributed by atoms with E-state index in [-0.39, 0.29) is 5.56 Å². The van der Waals surface area contributed by atoms with Gasteiger partial charge in [-0.2, -0.15) is 0 Å². The Morgan fingerprint density at radius 2 is 2.00 bits per heavy atom. The summed E-state index contributed by atoms with van der Waals surface area (Å²) in [4.78, 5) is 23.8. The van der Waals surface area contributed by atoms with Crippen molar-refractivity contribution in [2.45, 2.75) is 26.8 Å². The quantitative estimate of drug-likeness (QED) is 0.666. The van der Waals surface area contributed by atoms with Gasteiger partial charge in [0.15, 0.2) is 0 Å². The van der Waals surface area contributed by atoms with Gasteiger partial charge in [-0.25, -0.2) is 14.8 Å². The van der Waals surface area contributed by atoms with Gasteiger partial charge in [-0.1, -0.05) is 19.0 Å². The maximum atomic E-state index is 11.1. The summed E-state index contributed by atoms with van der Waals surface area (Å²) in [6, 6.07) is 6.50. The molecule has 0 aromatic carbocycles. The Balaban J connectivity index is 1.70. The molecule has 0 aliphatic carbocycles. The van der Waals surface area contributed by atoms with Crippen LogP contribution in [0.3, 0.4) is 0 Å². The summed E-state index contributed by atoms with van der Waals surface area (Å²) in [7, 11) is 0. The summed E-state index contributed by atoms with van der Waals surface area (Å²) >= 11 is 0. The molecule has 0 atom stereocenters. The predicted octanol–water partition coefficient (Wildman–Crippen LogP) is 3.04. The molecule has 8 nitrogen and oxygen atoms in total. The molecular weight excluding hydrogens is 334 g/mol. The van der Waals surface area contributed by atoms with Gasteiger partial charge >= 0.3 is 5.97 Å². The third-order valence-electron chi connectivity index (χ3n) is 3.57. The smallest absolute Gasteiger partial charge is 0.335 e. The maximum Gasteiger partial charge on any atom is 0.335 e. The van der Waals surface area contributed by atoms with Crippen LogP contribution < -0.4 is 5.32 Å². The third kappa shape index (κ3) is 4.41. The molecule has 3 heterocycles. The molecule has 2 N–H and O–H groups in total. The number of anilines is 1. The maximum absolute atomic E-state index is 11.1. The van der Waals surface area contributed by atoms with Crippen molar-refractivity contribution in [2.24, 2.45) is 5.92 Å². The highest BCUT2D eigenvalue weighted by Crippen LogP contribution is 2.17. The normalized spacial score (nSPS) is 10.9. The molecule has 0 radical (unpaired) electrons. The van der Waals surface area contributed by atoms with E-state index in [9.17, 15) is 4.79 Å². The molecule has 0 fully saturated rings. The molecule has 0 amide bonds. The fraction of sp³-hybridized carbons (Fsp3) is 0.278. The minimum atomic E-state index is -1.01. The van der Waals surface area contributed by atoms with Crippen molar-refractivity contribution in [3.63, 3.8) is 0 Å². The molecule has 0 saturated carbocycles. The Bertz CT molecular complexity index is 907. The van der Waals surface area contributed by atoms with E-state index in [0.29, 0.717) is 29.8 Å². The lowest BCUT2D eigenvalue weighted by Gasteiger charge is -2.05. The van der Waals surface area contributed by atoms with Gasteiger partial charge in [0, 0.05) is 24.9 Å². The standard InChI is InChI=1S/C18H19N5O3/c1-11(2)7-14-9-13(23-26-14)10-21-18-20-6-4-15(22-18)16-8-12(17(24)25)3-5-19-16/h3-6,8-9,11H,7,10H2,1-2H3,(H,24,25)(H,20,21,22). The van der Waals surface area contributed by atoms with Gasteiger partial charge in [-0.05, 0) is 24.1 Å². The van der Waals surface area contributed by atoms with Crippen molar-refractivity contribution in [3.05, 3.63) is 53.7 Å². The van der Waals surface area contributed by atoms with Crippen molar-refractivity contribution >= 4 is 11.9 Å². The lowest BCUT2D eigenvalue weighted by molar-refractivity contribution is 0.0697. The van der Waals surface area contributed by atoms with Crippen molar-refractivity contribution in [3.8, 4) is 11.4 Å². The van der Waals surface area contributed by atoms with Crippen LogP contribution in [0.1, 0.15) is 35.7 Å². The molecule has 3 rings (SSSR count). The highest BCUT2D eigenvalue weighted by Gasteiger charge is 2.10. The zero-order chi connectivity index (χ0) is 18.5. The van der Waals surface area contributed by atoms with Crippen LogP contribution in [0.4, 0.5) is 5.95 Å². The van der Waals surface area contributed by atoms with Crippen LogP contribution in [0.2, 0.25) is 0 Å². The fourth-order valence-electron chi connectivity index (χ4n) is 2.40. The van der Waals surface area contributed by atoms with Crippen molar-refractivity contribution in [1.82, 2.24) is 20.1 Å². The first kappa shape index (κ1) is 17.5. The lowest BCUT2D eigenvalue weighted by Crippen LogP contribution is -2.05. The van der Waals surface area contributed by atoms with Crippen LogP contribution in [0.25, 0.3) is 11.4 Å². The Hall–Kier alpha value is -3.29. The molecule has 0 aliphatic heterocycles. The summed E-state index contributed by atoms with van der Waals surface area (Å²) in [5.74, 6) is 0.738. The van der Waals surface area contributed by atoms with Crippen LogP contribution in [0.15, 0.2) is 41.2 Å². The monoisotopic (exact) mass is 353 g/mol. The van der Waals surface area contributed by atoms with Crippen molar-refractivity contribution in [1.29, 1.82) is 0 Å². The van der Waals surface area contributed by atoms with Gasteiger partial charge in [0.25, 0.3) is 0 Å². The molecule has 134 valence electrons. The van der Waals surface area contributed by atoms with Crippen molar-refractivity contribution in [2.75, 3.05) is 5.32 Å². The van der Waals surface area contributed by atoms with E-state index in [0.717, 1.165) is 17.9 Å². The zero-order valence-electron chi connectivity index (χ0n) is 14.5. The number of nitrogens with zero attached hydrogens (tertiary/aromatic N) is 4. The lowest BCUT2D eigenvalue weighted by atomic mass is 10.1. The SMILES string of the molecule is CC(C)Cc1cc(CNc2nccc(-c3cc(C(=O)O)ccn3)n2)no1. The van der Waals surface area contributed by atoms with Crippen LogP contribution >= 0.6 is 0 Å². The van der Waals surface area contributed by atoms with Crippen LogP contribution in [-0.4, -0.2) is 31.2 Å². The van der Waals surface area contributed by atoms with E-state index in [1.807, 2.05) is 6.07 Å². The van der Waals surface area contributed by atoms with E-state index in [4.69, 9.17) is 9.63 Å². The Morgan fingerprint density at radius 3 is 2.77 bits per heavy atom. The molecule has 0 saturated heterocycles. The number of hydrogen-bond donors (Lipinski definition) is 2. The number of rotatable bonds is 7. The minimum Gasteiger partial charge on any atom is -0.478 e. The molecule has 0 aliphatic rings. The number of aromatic nitrogens is 4. The van der Waals surface area contributed by atoms with E-state index >= 15 is 0 Å².